The van der Waals surface area contributed by atoms with Crippen molar-refractivity contribution in [1.29, 1.82) is 0 Å². The average Bonchev–Trinajstić information content (AvgIpc) is 2.10. The van der Waals surface area contributed by atoms with Crippen LogP contribution in [0.15, 0.2) is 12.8 Å². The molecule has 15 heavy (non-hydrogen) atoms. The second-order valence-corrected chi connectivity index (χ2v) is 1.98. The van der Waals surface area contributed by atoms with Crippen molar-refractivity contribution in [3.8, 4) is 0 Å². The standard InChI is InChI=1S/C8H17NO3.3CH4/c1-3-10-5-6-12-8-9-7-11-4-2;;;/h4,9H,2-3,5-8H2,1H3;3*1H4. The second kappa shape index (κ2) is 23.3. The summed E-state index contributed by atoms with van der Waals surface area (Å²) in [6.07, 6.45) is 1.38. The van der Waals surface area contributed by atoms with Crippen LogP contribution in [-0.4, -0.2) is 33.3 Å². The minimum absolute atomic E-state index is 0. The Morgan fingerprint density at radius 2 is 1.67 bits per heavy atom. The van der Waals surface area contributed by atoms with Gasteiger partial charge in [0.15, 0.2) is 0 Å². The first-order chi connectivity index (χ1) is 5.91. The summed E-state index contributed by atoms with van der Waals surface area (Å²) in [7, 11) is 0. The van der Waals surface area contributed by atoms with Gasteiger partial charge in [0.25, 0.3) is 0 Å². The van der Waals surface area contributed by atoms with Crippen molar-refractivity contribution in [2.24, 2.45) is 0 Å². The first-order valence-electron chi connectivity index (χ1n) is 4.00. The molecular formula is C11H29NO3. The lowest BCUT2D eigenvalue weighted by Crippen LogP contribution is -2.21. The summed E-state index contributed by atoms with van der Waals surface area (Å²) in [6.45, 7) is 8.23. The lowest BCUT2D eigenvalue weighted by atomic mass is 10.7. The fourth-order valence-electron chi connectivity index (χ4n) is 0.566. The van der Waals surface area contributed by atoms with E-state index >= 15 is 0 Å². The van der Waals surface area contributed by atoms with Crippen LogP contribution in [0.1, 0.15) is 29.2 Å². The lowest BCUT2D eigenvalue weighted by molar-refractivity contribution is 0.0356. The average molecular weight is 223 g/mol. The van der Waals surface area contributed by atoms with Crippen LogP contribution >= 0.6 is 0 Å². The van der Waals surface area contributed by atoms with E-state index in [0.29, 0.717) is 26.7 Å². The Balaban J connectivity index is -0.000000202. The summed E-state index contributed by atoms with van der Waals surface area (Å²) in [5.41, 5.74) is 0. The maximum atomic E-state index is 5.13. The van der Waals surface area contributed by atoms with Gasteiger partial charge in [0.05, 0.1) is 26.2 Å². The fourth-order valence-corrected chi connectivity index (χ4v) is 0.566. The normalized spacial score (nSPS) is 7.80. The summed E-state index contributed by atoms with van der Waals surface area (Å²) in [6, 6.07) is 0. The molecule has 0 spiro atoms. The highest BCUT2D eigenvalue weighted by atomic mass is 16.5. The van der Waals surface area contributed by atoms with Crippen molar-refractivity contribution in [2.75, 3.05) is 33.3 Å². The molecule has 1 N–H and O–H groups in total. The van der Waals surface area contributed by atoms with Gasteiger partial charge in [0, 0.05) is 6.61 Å². The Labute approximate surface area is 95.6 Å². The van der Waals surface area contributed by atoms with Crippen LogP contribution in [0.2, 0.25) is 0 Å². The Hall–Kier alpha value is -0.580. The van der Waals surface area contributed by atoms with Gasteiger partial charge in [-0.2, -0.15) is 0 Å². The van der Waals surface area contributed by atoms with Crippen LogP contribution in [-0.2, 0) is 14.2 Å². The lowest BCUT2D eigenvalue weighted by Gasteiger charge is -2.05. The molecule has 0 fully saturated rings. The highest BCUT2D eigenvalue weighted by molar-refractivity contribution is 4.46. The topological polar surface area (TPSA) is 39.7 Å². The van der Waals surface area contributed by atoms with Gasteiger partial charge >= 0.3 is 0 Å². The molecule has 0 unspecified atom stereocenters. The van der Waals surface area contributed by atoms with Crippen molar-refractivity contribution in [3.05, 3.63) is 12.8 Å². The molecule has 96 valence electrons. The van der Waals surface area contributed by atoms with E-state index in [2.05, 4.69) is 11.9 Å². The van der Waals surface area contributed by atoms with Gasteiger partial charge in [-0.05, 0) is 6.92 Å². The molecule has 0 amide bonds. The zero-order valence-electron chi connectivity index (χ0n) is 7.54. The third-order valence-corrected chi connectivity index (χ3v) is 1.08. The molecule has 4 nitrogen and oxygen atoms in total. The van der Waals surface area contributed by atoms with Crippen LogP contribution in [0.5, 0.6) is 0 Å². The van der Waals surface area contributed by atoms with Crippen molar-refractivity contribution in [1.82, 2.24) is 5.32 Å². The van der Waals surface area contributed by atoms with E-state index in [0.717, 1.165) is 6.61 Å². The smallest absolute Gasteiger partial charge is 0.140 e. The Kier molecular flexibility index (Phi) is 37.2. The largest absolute Gasteiger partial charge is 0.487 e. The van der Waals surface area contributed by atoms with E-state index < -0.39 is 0 Å². The zero-order valence-corrected chi connectivity index (χ0v) is 7.54. The molecule has 0 atom stereocenters. The monoisotopic (exact) mass is 223 g/mol. The van der Waals surface area contributed by atoms with Crippen LogP contribution in [0.4, 0.5) is 0 Å². The van der Waals surface area contributed by atoms with Crippen molar-refractivity contribution in [2.45, 2.75) is 29.2 Å². The number of ether oxygens (including phenoxy) is 3. The first-order valence-corrected chi connectivity index (χ1v) is 4.00. The molecule has 0 saturated heterocycles. The molecule has 0 aromatic carbocycles. The molecule has 0 bridgehead atoms. The summed E-state index contributed by atoms with van der Waals surface area (Å²) < 4.78 is 15.0. The van der Waals surface area contributed by atoms with E-state index in [1.54, 1.807) is 0 Å². The van der Waals surface area contributed by atoms with E-state index in [9.17, 15) is 0 Å². The summed E-state index contributed by atoms with van der Waals surface area (Å²) in [4.78, 5) is 0. The van der Waals surface area contributed by atoms with Crippen LogP contribution in [0.3, 0.4) is 0 Å². The highest BCUT2D eigenvalue weighted by Gasteiger charge is 1.86. The zero-order chi connectivity index (χ0) is 9.07. The highest BCUT2D eigenvalue weighted by Crippen LogP contribution is 1.76. The van der Waals surface area contributed by atoms with Gasteiger partial charge in [-0.1, -0.05) is 28.9 Å². The molecule has 0 saturated carbocycles. The SMILES string of the molecule is C.C.C.C=COCNCOCCOCC. The van der Waals surface area contributed by atoms with Gasteiger partial charge in [-0.15, -0.1) is 0 Å². The Morgan fingerprint density at radius 3 is 2.20 bits per heavy atom. The fraction of sp³-hybridized carbons (Fsp3) is 0.818. The summed E-state index contributed by atoms with van der Waals surface area (Å²) in [5, 5.41) is 2.89. The summed E-state index contributed by atoms with van der Waals surface area (Å²) in [5.74, 6) is 0. The Bertz CT molecular complexity index is 99.8. The molecule has 0 aliphatic rings. The third-order valence-electron chi connectivity index (χ3n) is 1.08. The molecular weight excluding hydrogens is 194 g/mol. The van der Waals surface area contributed by atoms with Crippen molar-refractivity contribution < 1.29 is 14.2 Å². The quantitative estimate of drug-likeness (QED) is 0.370. The van der Waals surface area contributed by atoms with Gasteiger partial charge in [0.1, 0.15) is 6.73 Å². The van der Waals surface area contributed by atoms with Gasteiger partial charge in [-0.3, -0.25) is 5.32 Å². The van der Waals surface area contributed by atoms with E-state index in [1.165, 1.54) is 6.26 Å². The van der Waals surface area contributed by atoms with E-state index in [-0.39, 0.29) is 22.3 Å². The Morgan fingerprint density at radius 1 is 1.07 bits per heavy atom. The molecule has 0 aromatic heterocycles. The van der Waals surface area contributed by atoms with Crippen molar-refractivity contribution in [3.63, 3.8) is 0 Å². The molecule has 0 heterocycles. The molecule has 0 rings (SSSR count). The molecule has 0 aliphatic carbocycles. The second-order valence-electron chi connectivity index (χ2n) is 1.98. The first kappa shape index (κ1) is 23.9. The predicted molar refractivity (Wildman–Crippen MR) is 66.8 cm³/mol. The van der Waals surface area contributed by atoms with Crippen molar-refractivity contribution >= 4 is 0 Å². The minimum Gasteiger partial charge on any atom is -0.487 e. The van der Waals surface area contributed by atoms with E-state index in [1.807, 2.05) is 6.92 Å². The predicted octanol–water partition coefficient (Wildman–Crippen LogP) is 2.61. The third kappa shape index (κ3) is 24.7. The molecule has 0 aromatic rings. The van der Waals surface area contributed by atoms with Crippen LogP contribution in [0, 0.1) is 0 Å². The molecule has 0 radical (unpaired) electrons. The van der Waals surface area contributed by atoms with Gasteiger partial charge in [-0.25, -0.2) is 0 Å². The maximum absolute atomic E-state index is 5.13. The van der Waals surface area contributed by atoms with E-state index in [4.69, 9.17) is 14.2 Å². The van der Waals surface area contributed by atoms with Crippen LogP contribution in [0.25, 0.3) is 0 Å². The number of nitrogens with one attached hydrogen (secondary N) is 1. The number of hydrogen-bond donors (Lipinski definition) is 1. The van der Waals surface area contributed by atoms with Gasteiger partial charge in [0.2, 0.25) is 0 Å². The van der Waals surface area contributed by atoms with Crippen LogP contribution < -0.4 is 5.32 Å². The van der Waals surface area contributed by atoms with Gasteiger partial charge < -0.3 is 14.2 Å². The minimum atomic E-state index is 0. The number of rotatable bonds is 9. The summed E-state index contributed by atoms with van der Waals surface area (Å²) >= 11 is 0. The molecule has 0 aliphatic heterocycles. The number of hydrogen-bond acceptors (Lipinski definition) is 4. The molecule has 4 heteroatoms. The maximum Gasteiger partial charge on any atom is 0.140 e.